The topological polar surface area (TPSA) is 84.3 Å². The average Bonchev–Trinajstić information content (AvgIpc) is 2.59. The molecule has 2 N–H and O–H groups in total. The minimum absolute atomic E-state index is 0.0901. The van der Waals surface area contributed by atoms with Crippen molar-refractivity contribution in [1.82, 2.24) is 9.97 Å². The molecule has 1 atom stereocenters. The molecular formula is C16H17ClF3N3O3P+. The highest BCUT2D eigenvalue weighted by molar-refractivity contribution is 7.32. The van der Waals surface area contributed by atoms with Crippen LogP contribution in [-0.4, -0.2) is 14.9 Å². The molecule has 0 radical (unpaired) electrons. The average molecular weight is 423 g/mol. The molecule has 146 valence electrons. The fourth-order valence-electron chi connectivity index (χ4n) is 2.59. The van der Waals surface area contributed by atoms with E-state index >= 15 is 0 Å². The molecule has 1 unspecified atom stereocenters. The third kappa shape index (κ3) is 5.13. The molecule has 0 aliphatic carbocycles. The second-order valence-corrected chi connectivity index (χ2v) is 6.64. The van der Waals surface area contributed by atoms with Crippen LogP contribution in [0, 0.1) is 0 Å². The largest absolute Gasteiger partial charge is 0.695 e. The van der Waals surface area contributed by atoms with Gasteiger partial charge in [0, 0.05) is 16.4 Å². The van der Waals surface area contributed by atoms with Crippen molar-refractivity contribution in [3.63, 3.8) is 0 Å². The molecular weight excluding hydrogens is 406 g/mol. The molecule has 27 heavy (non-hydrogen) atoms. The van der Waals surface area contributed by atoms with Crippen LogP contribution in [0.2, 0.25) is 5.15 Å². The van der Waals surface area contributed by atoms with Gasteiger partial charge in [0.25, 0.3) is 0 Å². The van der Waals surface area contributed by atoms with Crippen LogP contribution in [0.15, 0.2) is 30.5 Å². The van der Waals surface area contributed by atoms with Gasteiger partial charge in [0.05, 0.1) is 0 Å². The Morgan fingerprint density at radius 1 is 1.22 bits per heavy atom. The first-order valence-electron chi connectivity index (χ1n) is 7.94. The maximum Gasteiger partial charge on any atom is 0.695 e. The number of hydrogen-bond acceptors (Lipinski definition) is 5. The minimum atomic E-state index is -4.63. The van der Waals surface area contributed by atoms with Crippen molar-refractivity contribution in [1.29, 1.82) is 0 Å². The quantitative estimate of drug-likeness (QED) is 0.448. The van der Waals surface area contributed by atoms with Gasteiger partial charge >= 0.3 is 14.4 Å². The third-order valence-corrected chi connectivity index (χ3v) is 4.90. The highest BCUT2D eigenvalue weighted by atomic mass is 35.5. The second kappa shape index (κ2) is 8.48. The van der Waals surface area contributed by atoms with Gasteiger partial charge in [-0.1, -0.05) is 37.6 Å². The molecule has 0 amide bonds. The molecule has 0 spiro atoms. The number of alkyl halides is 3. The summed E-state index contributed by atoms with van der Waals surface area (Å²) in [5.41, 5.74) is -0.823. The Bertz CT molecular complexity index is 815. The van der Waals surface area contributed by atoms with Crippen LogP contribution < -0.4 is 5.32 Å². The second-order valence-electron chi connectivity index (χ2n) is 5.63. The lowest BCUT2D eigenvalue weighted by atomic mass is 9.88. The maximum absolute atomic E-state index is 12.7. The van der Waals surface area contributed by atoms with Crippen LogP contribution in [0.3, 0.4) is 0 Å². The number of rotatable bonds is 7. The predicted molar refractivity (Wildman–Crippen MR) is 94.9 cm³/mol. The SMILES string of the molecule is CCC(CC)(O[P+](=O)O)c1ccc(Nc2ncc(C(F)(F)F)c(Cl)n2)cc1. The Labute approximate surface area is 159 Å². The molecule has 0 fully saturated rings. The van der Waals surface area contributed by atoms with Gasteiger partial charge in [-0.25, -0.2) is 9.97 Å². The molecule has 1 aromatic carbocycles. The number of nitrogens with zero attached hydrogens (tertiary/aromatic N) is 2. The summed E-state index contributed by atoms with van der Waals surface area (Å²) in [5.74, 6) is -0.0901. The molecule has 2 rings (SSSR count). The highest BCUT2D eigenvalue weighted by Gasteiger charge is 2.39. The van der Waals surface area contributed by atoms with E-state index in [0.717, 1.165) is 0 Å². The van der Waals surface area contributed by atoms with Gasteiger partial charge in [0.1, 0.15) is 10.7 Å². The molecule has 6 nitrogen and oxygen atoms in total. The van der Waals surface area contributed by atoms with E-state index in [-0.39, 0.29) is 5.95 Å². The van der Waals surface area contributed by atoms with Gasteiger partial charge in [-0.2, -0.15) is 13.2 Å². The van der Waals surface area contributed by atoms with Crippen LogP contribution in [0.5, 0.6) is 0 Å². The Morgan fingerprint density at radius 2 is 1.81 bits per heavy atom. The zero-order chi connectivity index (χ0) is 20.2. The van der Waals surface area contributed by atoms with Gasteiger partial charge < -0.3 is 5.32 Å². The summed E-state index contributed by atoms with van der Waals surface area (Å²) in [6, 6.07) is 6.66. The van der Waals surface area contributed by atoms with E-state index in [2.05, 4.69) is 15.3 Å². The lowest BCUT2D eigenvalue weighted by molar-refractivity contribution is -0.137. The molecule has 2 aromatic rings. The van der Waals surface area contributed by atoms with Crippen molar-refractivity contribution in [2.45, 2.75) is 38.5 Å². The van der Waals surface area contributed by atoms with Crippen LogP contribution in [0.25, 0.3) is 0 Å². The third-order valence-electron chi connectivity index (χ3n) is 4.11. The Kier molecular flexibility index (Phi) is 6.75. The van der Waals surface area contributed by atoms with Crippen LogP contribution >= 0.6 is 19.9 Å². The standard InChI is InChI=1S/C16H16ClF3N3O3P/c1-3-15(4-2,26-27(24)25)10-5-7-11(8-6-10)22-14-21-9-12(13(17)23-14)16(18,19)20/h5-9H,3-4H2,1-2H3,(H-,21,22,23,24,25)/p+1. The van der Waals surface area contributed by atoms with Crippen molar-refractivity contribution < 1.29 is 27.2 Å². The summed E-state index contributed by atoms with van der Waals surface area (Å²) in [4.78, 5) is 16.4. The van der Waals surface area contributed by atoms with E-state index in [1.54, 1.807) is 24.3 Å². The summed E-state index contributed by atoms with van der Waals surface area (Å²) in [6.07, 6.45) is -3.06. The van der Waals surface area contributed by atoms with E-state index in [0.29, 0.717) is 30.3 Å². The maximum atomic E-state index is 12.7. The summed E-state index contributed by atoms with van der Waals surface area (Å²) >= 11 is 5.57. The first-order chi connectivity index (χ1) is 12.6. The molecule has 0 aliphatic rings. The summed E-state index contributed by atoms with van der Waals surface area (Å²) in [6.45, 7) is 3.68. The summed E-state index contributed by atoms with van der Waals surface area (Å²) < 4.78 is 54.4. The van der Waals surface area contributed by atoms with Crippen molar-refractivity contribution in [2.75, 3.05) is 5.32 Å². The van der Waals surface area contributed by atoms with Crippen molar-refractivity contribution in [2.24, 2.45) is 0 Å². The number of halogens is 4. The predicted octanol–water partition coefficient (Wildman–Crippen LogP) is 5.57. The number of aromatic nitrogens is 2. The summed E-state index contributed by atoms with van der Waals surface area (Å²) in [5, 5.41) is 2.06. The fourth-order valence-corrected chi connectivity index (χ4v) is 3.49. The monoisotopic (exact) mass is 422 g/mol. The van der Waals surface area contributed by atoms with Crippen molar-refractivity contribution in [3.05, 3.63) is 46.7 Å². The van der Waals surface area contributed by atoms with Crippen LogP contribution in [0.4, 0.5) is 24.8 Å². The lowest BCUT2D eigenvalue weighted by Crippen LogP contribution is -2.25. The number of nitrogens with one attached hydrogen (secondary N) is 1. The Balaban J connectivity index is 2.23. The number of anilines is 2. The van der Waals surface area contributed by atoms with Crippen molar-refractivity contribution in [3.8, 4) is 0 Å². The highest BCUT2D eigenvalue weighted by Crippen LogP contribution is 2.40. The zero-order valence-corrected chi connectivity index (χ0v) is 16.1. The first-order valence-corrected chi connectivity index (χ1v) is 9.44. The lowest BCUT2D eigenvalue weighted by Gasteiger charge is -2.25. The summed E-state index contributed by atoms with van der Waals surface area (Å²) in [7, 11) is -2.78. The fraction of sp³-hybridized carbons (Fsp3) is 0.375. The molecule has 1 aromatic heterocycles. The molecule has 0 saturated carbocycles. The molecule has 0 bridgehead atoms. The van der Waals surface area contributed by atoms with E-state index in [4.69, 9.17) is 21.0 Å². The first kappa shape index (κ1) is 21.5. The van der Waals surface area contributed by atoms with Gasteiger partial charge in [0.2, 0.25) is 5.95 Å². The van der Waals surface area contributed by atoms with Gasteiger partial charge in [0.15, 0.2) is 5.60 Å². The van der Waals surface area contributed by atoms with Crippen LogP contribution in [0.1, 0.15) is 37.8 Å². The Morgan fingerprint density at radius 3 is 2.26 bits per heavy atom. The van der Waals surface area contributed by atoms with Gasteiger partial charge in [-0.15, -0.1) is 9.42 Å². The minimum Gasteiger partial charge on any atom is -0.324 e. The number of benzene rings is 1. The van der Waals surface area contributed by atoms with E-state index in [1.165, 1.54) is 0 Å². The molecule has 11 heteroatoms. The smallest absolute Gasteiger partial charge is 0.324 e. The Hall–Kier alpha value is -1.80. The van der Waals surface area contributed by atoms with Gasteiger partial charge in [-0.3, -0.25) is 0 Å². The normalized spacial score (nSPS) is 12.8. The molecule has 0 aliphatic heterocycles. The number of hydrogen-bond donors (Lipinski definition) is 2. The zero-order valence-electron chi connectivity index (χ0n) is 14.4. The molecule has 0 saturated heterocycles. The van der Waals surface area contributed by atoms with E-state index in [1.807, 2.05) is 13.8 Å². The van der Waals surface area contributed by atoms with E-state index < -0.39 is 30.7 Å². The van der Waals surface area contributed by atoms with Crippen molar-refractivity contribution >= 4 is 31.5 Å². The van der Waals surface area contributed by atoms with E-state index in [9.17, 15) is 17.7 Å². The molecule has 1 heterocycles. The van der Waals surface area contributed by atoms with Gasteiger partial charge in [-0.05, 0) is 30.5 Å². The van der Waals surface area contributed by atoms with Crippen LogP contribution in [-0.2, 0) is 20.9 Å².